The number of nitrogens with two attached hydrogens (primary N) is 1. The number of nitrogen functional groups attached to an aromatic ring is 1. The lowest BCUT2D eigenvalue weighted by molar-refractivity contribution is 0.181. The van der Waals surface area contributed by atoms with Gasteiger partial charge in [-0.1, -0.05) is 18.2 Å². The van der Waals surface area contributed by atoms with Crippen LogP contribution < -0.4 is 5.73 Å². The van der Waals surface area contributed by atoms with E-state index in [9.17, 15) is 0 Å². The Morgan fingerprint density at radius 3 is 2.73 bits per heavy atom. The molecule has 1 heterocycles. The average Bonchev–Trinajstić information content (AvgIpc) is 2.61. The number of anilines is 1. The van der Waals surface area contributed by atoms with Crippen molar-refractivity contribution < 1.29 is 4.74 Å². The molecule has 78 valence electrons. The standard InChI is InChI=1S/C11H13N3O/c1-15-8-9-7-11(12)14(13-9)10-5-3-2-4-6-10/h2-7H,8,12H2,1H3. The fourth-order valence-corrected chi connectivity index (χ4v) is 1.44. The number of rotatable bonds is 3. The number of methoxy groups -OCH3 is 1. The van der Waals surface area contributed by atoms with Gasteiger partial charge in [0.2, 0.25) is 0 Å². The molecule has 0 fully saturated rings. The van der Waals surface area contributed by atoms with Crippen molar-refractivity contribution in [2.24, 2.45) is 0 Å². The minimum Gasteiger partial charge on any atom is -0.384 e. The normalized spacial score (nSPS) is 10.5. The van der Waals surface area contributed by atoms with E-state index in [-0.39, 0.29) is 0 Å². The molecular formula is C11H13N3O. The molecule has 4 nitrogen and oxygen atoms in total. The Balaban J connectivity index is 2.36. The molecule has 1 aromatic carbocycles. The summed E-state index contributed by atoms with van der Waals surface area (Å²) in [5.74, 6) is 0.619. The maximum atomic E-state index is 5.85. The van der Waals surface area contributed by atoms with Crippen LogP contribution in [0.1, 0.15) is 5.69 Å². The second-order valence-electron chi connectivity index (χ2n) is 3.24. The van der Waals surface area contributed by atoms with E-state index in [1.54, 1.807) is 11.8 Å². The number of nitrogens with zero attached hydrogens (tertiary/aromatic N) is 2. The summed E-state index contributed by atoms with van der Waals surface area (Å²) in [4.78, 5) is 0. The zero-order valence-corrected chi connectivity index (χ0v) is 8.55. The van der Waals surface area contributed by atoms with Gasteiger partial charge in [0, 0.05) is 13.2 Å². The van der Waals surface area contributed by atoms with E-state index in [0.717, 1.165) is 11.4 Å². The van der Waals surface area contributed by atoms with Gasteiger partial charge in [-0.2, -0.15) is 5.10 Å². The summed E-state index contributed by atoms with van der Waals surface area (Å²) in [6.45, 7) is 0.476. The van der Waals surface area contributed by atoms with Gasteiger partial charge in [0.1, 0.15) is 5.82 Å². The summed E-state index contributed by atoms with van der Waals surface area (Å²) in [6.07, 6.45) is 0. The van der Waals surface area contributed by atoms with E-state index in [0.29, 0.717) is 12.4 Å². The second kappa shape index (κ2) is 4.14. The minimum atomic E-state index is 0.476. The van der Waals surface area contributed by atoms with Gasteiger partial charge in [0.25, 0.3) is 0 Å². The zero-order chi connectivity index (χ0) is 10.7. The van der Waals surface area contributed by atoms with E-state index in [1.807, 2.05) is 36.4 Å². The van der Waals surface area contributed by atoms with E-state index < -0.39 is 0 Å². The van der Waals surface area contributed by atoms with Crippen molar-refractivity contribution in [3.63, 3.8) is 0 Å². The predicted octanol–water partition coefficient (Wildman–Crippen LogP) is 1.60. The number of hydrogen-bond acceptors (Lipinski definition) is 3. The summed E-state index contributed by atoms with van der Waals surface area (Å²) in [5.41, 5.74) is 7.64. The van der Waals surface area contributed by atoms with Crippen LogP contribution in [0.5, 0.6) is 0 Å². The Morgan fingerprint density at radius 1 is 1.33 bits per heavy atom. The van der Waals surface area contributed by atoms with Crippen molar-refractivity contribution >= 4 is 5.82 Å². The van der Waals surface area contributed by atoms with Gasteiger partial charge in [-0.15, -0.1) is 0 Å². The molecule has 4 heteroatoms. The first kappa shape index (κ1) is 9.73. The first-order valence-electron chi connectivity index (χ1n) is 4.70. The SMILES string of the molecule is COCc1cc(N)n(-c2ccccc2)n1. The van der Waals surface area contributed by atoms with Gasteiger partial charge in [0.15, 0.2) is 0 Å². The summed E-state index contributed by atoms with van der Waals surface area (Å²) < 4.78 is 6.70. The fraction of sp³-hybridized carbons (Fsp3) is 0.182. The molecule has 2 rings (SSSR count). The topological polar surface area (TPSA) is 53.1 Å². The third-order valence-electron chi connectivity index (χ3n) is 2.08. The number of aromatic nitrogens is 2. The molecule has 0 atom stereocenters. The highest BCUT2D eigenvalue weighted by molar-refractivity contribution is 5.42. The molecule has 0 radical (unpaired) electrons. The molecule has 0 saturated heterocycles. The van der Waals surface area contributed by atoms with Crippen molar-refractivity contribution in [2.45, 2.75) is 6.61 Å². The van der Waals surface area contributed by atoms with Crippen molar-refractivity contribution in [2.75, 3.05) is 12.8 Å². The van der Waals surface area contributed by atoms with Crippen LogP contribution in [-0.2, 0) is 11.3 Å². The largest absolute Gasteiger partial charge is 0.384 e. The molecule has 0 unspecified atom stereocenters. The van der Waals surface area contributed by atoms with E-state index in [1.165, 1.54) is 0 Å². The molecule has 2 N–H and O–H groups in total. The van der Waals surface area contributed by atoms with Gasteiger partial charge in [-0.25, -0.2) is 4.68 Å². The van der Waals surface area contributed by atoms with Crippen LogP contribution in [-0.4, -0.2) is 16.9 Å². The Morgan fingerprint density at radius 2 is 2.07 bits per heavy atom. The lowest BCUT2D eigenvalue weighted by Gasteiger charge is -2.02. The smallest absolute Gasteiger partial charge is 0.127 e. The first-order chi connectivity index (χ1) is 7.31. The summed E-state index contributed by atoms with van der Waals surface area (Å²) in [7, 11) is 1.64. The highest BCUT2D eigenvalue weighted by Crippen LogP contribution is 2.14. The highest BCUT2D eigenvalue weighted by Gasteiger charge is 2.05. The summed E-state index contributed by atoms with van der Waals surface area (Å²) >= 11 is 0. The zero-order valence-electron chi connectivity index (χ0n) is 8.55. The molecule has 0 bridgehead atoms. The molecule has 0 aliphatic carbocycles. The first-order valence-corrected chi connectivity index (χ1v) is 4.70. The van der Waals surface area contributed by atoms with E-state index in [2.05, 4.69) is 5.10 Å². The quantitative estimate of drug-likeness (QED) is 0.824. The van der Waals surface area contributed by atoms with Crippen LogP contribution in [0, 0.1) is 0 Å². The van der Waals surface area contributed by atoms with Gasteiger partial charge >= 0.3 is 0 Å². The van der Waals surface area contributed by atoms with E-state index >= 15 is 0 Å². The predicted molar refractivity (Wildman–Crippen MR) is 58.7 cm³/mol. The van der Waals surface area contributed by atoms with Crippen molar-refractivity contribution in [3.05, 3.63) is 42.1 Å². The Hall–Kier alpha value is -1.81. The number of ether oxygens (including phenoxy) is 1. The molecule has 0 amide bonds. The Bertz CT molecular complexity index is 436. The van der Waals surface area contributed by atoms with Gasteiger partial charge in [-0.3, -0.25) is 0 Å². The Labute approximate surface area is 88.3 Å². The van der Waals surface area contributed by atoms with Crippen LogP contribution >= 0.6 is 0 Å². The lowest BCUT2D eigenvalue weighted by atomic mass is 10.3. The lowest BCUT2D eigenvalue weighted by Crippen LogP contribution is -2.01. The third-order valence-corrected chi connectivity index (χ3v) is 2.08. The van der Waals surface area contributed by atoms with Crippen LogP contribution in [0.15, 0.2) is 36.4 Å². The van der Waals surface area contributed by atoms with Gasteiger partial charge < -0.3 is 10.5 Å². The van der Waals surface area contributed by atoms with Crippen LogP contribution in [0.3, 0.4) is 0 Å². The molecule has 0 aliphatic heterocycles. The van der Waals surface area contributed by atoms with Crippen LogP contribution in [0.2, 0.25) is 0 Å². The van der Waals surface area contributed by atoms with Crippen molar-refractivity contribution in [3.8, 4) is 5.69 Å². The molecule has 0 saturated carbocycles. The Kier molecular flexibility index (Phi) is 2.69. The van der Waals surface area contributed by atoms with Crippen molar-refractivity contribution in [1.82, 2.24) is 9.78 Å². The fourth-order valence-electron chi connectivity index (χ4n) is 1.44. The molecule has 2 aromatic rings. The molecule has 0 spiro atoms. The number of para-hydroxylation sites is 1. The number of hydrogen-bond donors (Lipinski definition) is 1. The molecule has 0 aliphatic rings. The molecule has 15 heavy (non-hydrogen) atoms. The second-order valence-corrected chi connectivity index (χ2v) is 3.24. The summed E-state index contributed by atoms with van der Waals surface area (Å²) in [6, 6.07) is 11.6. The minimum absolute atomic E-state index is 0.476. The van der Waals surface area contributed by atoms with E-state index in [4.69, 9.17) is 10.5 Å². The summed E-state index contributed by atoms with van der Waals surface area (Å²) in [5, 5.41) is 4.34. The third kappa shape index (κ3) is 1.99. The highest BCUT2D eigenvalue weighted by atomic mass is 16.5. The molecule has 1 aromatic heterocycles. The maximum absolute atomic E-state index is 5.85. The molecular weight excluding hydrogens is 190 g/mol. The van der Waals surface area contributed by atoms with Crippen LogP contribution in [0.4, 0.5) is 5.82 Å². The number of benzene rings is 1. The average molecular weight is 203 g/mol. The van der Waals surface area contributed by atoms with Crippen molar-refractivity contribution in [1.29, 1.82) is 0 Å². The van der Waals surface area contributed by atoms with Gasteiger partial charge in [-0.05, 0) is 12.1 Å². The maximum Gasteiger partial charge on any atom is 0.127 e. The van der Waals surface area contributed by atoms with Gasteiger partial charge in [0.05, 0.1) is 18.0 Å². The monoisotopic (exact) mass is 203 g/mol. The van der Waals surface area contributed by atoms with Crippen LogP contribution in [0.25, 0.3) is 5.69 Å².